The van der Waals surface area contributed by atoms with Crippen LogP contribution >= 0.6 is 0 Å². The van der Waals surface area contributed by atoms with E-state index in [1.807, 2.05) is 0 Å². The van der Waals surface area contributed by atoms with Crippen LogP contribution in [0.25, 0.3) is 5.57 Å². The molecule has 0 fully saturated rings. The molecule has 0 aliphatic heterocycles. The molecule has 3 aliphatic rings. The van der Waals surface area contributed by atoms with Crippen molar-refractivity contribution in [2.45, 2.75) is 45.4 Å². The summed E-state index contributed by atoms with van der Waals surface area (Å²) >= 11 is 0. The number of benzene rings is 1. The van der Waals surface area contributed by atoms with Gasteiger partial charge in [-0.1, -0.05) is 68.0 Å². The molecule has 4 rings (SSSR count). The van der Waals surface area contributed by atoms with Crippen LogP contribution < -0.4 is 0 Å². The zero-order valence-corrected chi connectivity index (χ0v) is 13.8. The summed E-state index contributed by atoms with van der Waals surface area (Å²) < 4.78 is 0. The van der Waals surface area contributed by atoms with E-state index in [0.29, 0.717) is 5.92 Å². The number of hydrogen-bond acceptors (Lipinski definition) is 0. The van der Waals surface area contributed by atoms with Crippen molar-refractivity contribution in [1.82, 2.24) is 0 Å². The molecule has 0 aromatic heterocycles. The van der Waals surface area contributed by atoms with Crippen LogP contribution in [0.1, 0.15) is 51.2 Å². The van der Waals surface area contributed by atoms with Gasteiger partial charge in [0.25, 0.3) is 0 Å². The second-order valence-corrected chi connectivity index (χ2v) is 7.49. The second kappa shape index (κ2) is 4.84. The minimum Gasteiger partial charge on any atom is -0.0813 e. The van der Waals surface area contributed by atoms with Gasteiger partial charge in [0.2, 0.25) is 0 Å². The standard InChI is InChI=1S/C22H24/c1-15-7-6-8-16(13-15)17-11-12-19-18-9-4-5-10-20(18)22(2,3)21(19)14-17/h4-5,7,9-13,21H,6,8,14H2,1-3H3. The lowest BCUT2D eigenvalue weighted by molar-refractivity contribution is 0.408. The molecular formula is C22H24. The molecule has 0 heteroatoms. The summed E-state index contributed by atoms with van der Waals surface area (Å²) in [5, 5.41) is 0. The molecule has 0 spiro atoms. The van der Waals surface area contributed by atoms with E-state index < -0.39 is 0 Å². The molecule has 0 nitrogen and oxygen atoms in total. The Labute approximate surface area is 133 Å². The molecular weight excluding hydrogens is 264 g/mol. The van der Waals surface area contributed by atoms with Gasteiger partial charge < -0.3 is 0 Å². The molecule has 0 heterocycles. The number of hydrogen-bond donors (Lipinski definition) is 0. The lowest BCUT2D eigenvalue weighted by Gasteiger charge is -2.32. The Morgan fingerprint density at radius 1 is 1.05 bits per heavy atom. The van der Waals surface area contributed by atoms with E-state index in [9.17, 15) is 0 Å². The van der Waals surface area contributed by atoms with Crippen molar-refractivity contribution in [3.8, 4) is 0 Å². The molecule has 1 aromatic rings. The van der Waals surface area contributed by atoms with E-state index in [-0.39, 0.29) is 5.41 Å². The van der Waals surface area contributed by atoms with Crippen molar-refractivity contribution in [1.29, 1.82) is 0 Å². The fourth-order valence-corrected chi connectivity index (χ4v) is 4.46. The van der Waals surface area contributed by atoms with Crippen molar-refractivity contribution in [3.63, 3.8) is 0 Å². The third kappa shape index (κ3) is 1.97. The van der Waals surface area contributed by atoms with Gasteiger partial charge in [-0.05, 0) is 65.4 Å². The molecule has 22 heavy (non-hydrogen) atoms. The summed E-state index contributed by atoms with van der Waals surface area (Å²) in [5.41, 5.74) is 9.32. The van der Waals surface area contributed by atoms with E-state index in [0.717, 1.165) is 0 Å². The van der Waals surface area contributed by atoms with Crippen molar-refractivity contribution in [3.05, 3.63) is 76.4 Å². The molecule has 0 saturated heterocycles. The molecule has 1 atom stereocenters. The Kier molecular flexibility index (Phi) is 3.04. The molecule has 112 valence electrons. The molecule has 0 N–H and O–H groups in total. The number of rotatable bonds is 1. The normalized spacial score (nSPS) is 25.5. The topological polar surface area (TPSA) is 0 Å². The van der Waals surface area contributed by atoms with Gasteiger partial charge >= 0.3 is 0 Å². The highest BCUT2D eigenvalue weighted by atomic mass is 14.5. The van der Waals surface area contributed by atoms with E-state index in [2.05, 4.69) is 69.3 Å². The second-order valence-electron chi connectivity index (χ2n) is 7.49. The summed E-state index contributed by atoms with van der Waals surface area (Å²) in [6, 6.07) is 8.98. The van der Waals surface area contributed by atoms with Gasteiger partial charge in [0.15, 0.2) is 0 Å². The lowest BCUT2D eigenvalue weighted by atomic mass is 9.71. The number of fused-ring (bicyclic) bond motifs is 3. The molecule has 0 amide bonds. The first-order valence-electron chi connectivity index (χ1n) is 8.46. The highest BCUT2D eigenvalue weighted by molar-refractivity contribution is 5.80. The summed E-state index contributed by atoms with van der Waals surface area (Å²) in [6.07, 6.45) is 13.1. The first-order chi connectivity index (χ1) is 10.6. The maximum absolute atomic E-state index is 2.42. The monoisotopic (exact) mass is 288 g/mol. The molecule has 0 bridgehead atoms. The van der Waals surface area contributed by atoms with Crippen molar-refractivity contribution in [2.24, 2.45) is 5.92 Å². The predicted molar refractivity (Wildman–Crippen MR) is 94.7 cm³/mol. The third-order valence-electron chi connectivity index (χ3n) is 5.76. The number of allylic oxidation sites excluding steroid dienone is 8. The van der Waals surface area contributed by atoms with Crippen molar-refractivity contribution in [2.75, 3.05) is 0 Å². The minimum absolute atomic E-state index is 0.238. The van der Waals surface area contributed by atoms with E-state index in [4.69, 9.17) is 0 Å². The largest absolute Gasteiger partial charge is 0.0813 e. The molecule has 0 saturated carbocycles. The maximum atomic E-state index is 2.42. The van der Waals surface area contributed by atoms with E-state index in [1.165, 1.54) is 36.0 Å². The van der Waals surface area contributed by atoms with Crippen molar-refractivity contribution >= 4 is 5.57 Å². The van der Waals surface area contributed by atoms with E-state index >= 15 is 0 Å². The summed E-state index contributed by atoms with van der Waals surface area (Å²) in [5.74, 6) is 0.622. The quantitative estimate of drug-likeness (QED) is 0.597. The molecule has 0 radical (unpaired) electrons. The van der Waals surface area contributed by atoms with Crippen LogP contribution in [-0.2, 0) is 5.41 Å². The Bertz CT molecular complexity index is 750. The first kappa shape index (κ1) is 13.8. The summed E-state index contributed by atoms with van der Waals surface area (Å²) in [6.45, 7) is 7.06. The van der Waals surface area contributed by atoms with Crippen LogP contribution in [0.4, 0.5) is 0 Å². The van der Waals surface area contributed by atoms with Crippen LogP contribution in [0.3, 0.4) is 0 Å². The minimum atomic E-state index is 0.238. The van der Waals surface area contributed by atoms with Gasteiger partial charge in [-0.15, -0.1) is 0 Å². The average molecular weight is 288 g/mol. The summed E-state index contributed by atoms with van der Waals surface area (Å²) in [7, 11) is 0. The zero-order chi connectivity index (χ0) is 15.3. The Morgan fingerprint density at radius 3 is 2.68 bits per heavy atom. The third-order valence-corrected chi connectivity index (χ3v) is 5.76. The highest BCUT2D eigenvalue weighted by Crippen LogP contribution is 2.54. The lowest BCUT2D eigenvalue weighted by Crippen LogP contribution is -2.25. The van der Waals surface area contributed by atoms with Gasteiger partial charge in [0, 0.05) is 0 Å². The van der Waals surface area contributed by atoms with Crippen molar-refractivity contribution < 1.29 is 0 Å². The highest BCUT2D eigenvalue weighted by Gasteiger charge is 2.43. The maximum Gasteiger partial charge on any atom is -0.00233 e. The Balaban J connectivity index is 1.77. The van der Waals surface area contributed by atoms with Crippen LogP contribution in [0.2, 0.25) is 0 Å². The zero-order valence-electron chi connectivity index (χ0n) is 13.8. The first-order valence-corrected chi connectivity index (χ1v) is 8.46. The van der Waals surface area contributed by atoms with Crippen LogP contribution in [0.15, 0.2) is 65.3 Å². The average Bonchev–Trinajstić information content (AvgIpc) is 2.76. The van der Waals surface area contributed by atoms with Gasteiger partial charge in [-0.2, -0.15) is 0 Å². The Hall–Kier alpha value is -1.82. The smallest absolute Gasteiger partial charge is 0.00233 e. The predicted octanol–water partition coefficient (Wildman–Crippen LogP) is 5.97. The van der Waals surface area contributed by atoms with Gasteiger partial charge in [0.1, 0.15) is 0 Å². The summed E-state index contributed by atoms with van der Waals surface area (Å²) in [4.78, 5) is 0. The van der Waals surface area contributed by atoms with Gasteiger partial charge in [-0.25, -0.2) is 0 Å². The fraction of sp³-hybridized carbons (Fsp3) is 0.364. The molecule has 1 unspecified atom stereocenters. The van der Waals surface area contributed by atoms with Crippen LogP contribution in [-0.4, -0.2) is 0 Å². The fourth-order valence-electron chi connectivity index (χ4n) is 4.46. The SMILES string of the molecule is CC1=CCCC(C2=CC=C3c4ccccc4C(C)(C)C3C2)=C1. The molecule has 3 aliphatic carbocycles. The molecule has 1 aromatic carbocycles. The van der Waals surface area contributed by atoms with Gasteiger partial charge in [-0.3, -0.25) is 0 Å². The Morgan fingerprint density at radius 2 is 1.86 bits per heavy atom. The van der Waals surface area contributed by atoms with Crippen LogP contribution in [0, 0.1) is 5.92 Å². The van der Waals surface area contributed by atoms with Crippen LogP contribution in [0.5, 0.6) is 0 Å². The van der Waals surface area contributed by atoms with E-state index in [1.54, 1.807) is 16.7 Å². The van der Waals surface area contributed by atoms with Gasteiger partial charge in [0.05, 0.1) is 0 Å².